The van der Waals surface area contributed by atoms with E-state index >= 15 is 0 Å². The molecule has 1 unspecified atom stereocenters. The normalized spacial score (nSPS) is 13.0. The first-order valence-corrected chi connectivity index (χ1v) is 4.63. The Hall–Kier alpha value is -1.62. The van der Waals surface area contributed by atoms with E-state index in [9.17, 15) is 0 Å². The zero-order valence-corrected chi connectivity index (χ0v) is 8.84. The predicted molar refractivity (Wildman–Crippen MR) is 58.5 cm³/mol. The van der Waals surface area contributed by atoms with Crippen LogP contribution in [0.2, 0.25) is 0 Å². The van der Waals surface area contributed by atoms with Crippen molar-refractivity contribution in [3.63, 3.8) is 0 Å². The highest BCUT2D eigenvalue weighted by Crippen LogP contribution is 2.26. The Morgan fingerprint density at radius 1 is 1.53 bits per heavy atom. The van der Waals surface area contributed by atoms with Crippen LogP contribution in [0.3, 0.4) is 0 Å². The number of azo groups is 1. The van der Waals surface area contributed by atoms with Gasteiger partial charge in [-0.1, -0.05) is 0 Å². The van der Waals surface area contributed by atoms with E-state index in [4.69, 9.17) is 15.6 Å². The van der Waals surface area contributed by atoms with E-state index in [0.717, 1.165) is 0 Å². The van der Waals surface area contributed by atoms with Crippen molar-refractivity contribution in [2.45, 2.75) is 13.0 Å². The van der Waals surface area contributed by atoms with Gasteiger partial charge in [0.25, 0.3) is 0 Å². The second-order valence-corrected chi connectivity index (χ2v) is 3.18. The molecule has 0 fully saturated rings. The van der Waals surface area contributed by atoms with Crippen molar-refractivity contribution < 1.29 is 9.84 Å². The van der Waals surface area contributed by atoms with E-state index in [1.54, 1.807) is 32.2 Å². The van der Waals surface area contributed by atoms with E-state index in [2.05, 4.69) is 10.2 Å². The standard InChI is InChI=1S/C10H15N3O2/c1-7(14)6-15-10-4-3-8(13-12-2)5-9(10)11/h3-5,7,14H,6,11H2,1-2H3. The number of hydrogen-bond donors (Lipinski definition) is 2. The van der Waals surface area contributed by atoms with E-state index < -0.39 is 6.10 Å². The van der Waals surface area contributed by atoms with Gasteiger partial charge in [-0.15, -0.1) is 0 Å². The van der Waals surface area contributed by atoms with Crippen LogP contribution in [-0.2, 0) is 0 Å². The van der Waals surface area contributed by atoms with Gasteiger partial charge in [0.1, 0.15) is 12.4 Å². The fourth-order valence-corrected chi connectivity index (χ4v) is 1.06. The zero-order chi connectivity index (χ0) is 11.3. The summed E-state index contributed by atoms with van der Waals surface area (Å²) in [7, 11) is 1.59. The molecule has 1 atom stereocenters. The molecule has 0 aliphatic rings. The first-order valence-electron chi connectivity index (χ1n) is 4.63. The van der Waals surface area contributed by atoms with E-state index in [0.29, 0.717) is 17.1 Å². The predicted octanol–water partition coefficient (Wildman–Crippen LogP) is 1.74. The Kier molecular flexibility index (Phi) is 4.05. The second kappa shape index (κ2) is 5.31. The molecule has 5 heteroatoms. The van der Waals surface area contributed by atoms with Gasteiger partial charge in [-0.2, -0.15) is 10.2 Å². The van der Waals surface area contributed by atoms with E-state index in [1.165, 1.54) is 0 Å². The fourth-order valence-electron chi connectivity index (χ4n) is 1.06. The molecule has 0 amide bonds. The molecule has 0 radical (unpaired) electrons. The van der Waals surface area contributed by atoms with Gasteiger partial charge in [-0.25, -0.2) is 0 Å². The van der Waals surface area contributed by atoms with Crippen molar-refractivity contribution in [2.24, 2.45) is 10.2 Å². The smallest absolute Gasteiger partial charge is 0.142 e. The summed E-state index contributed by atoms with van der Waals surface area (Å²) in [6.45, 7) is 1.87. The molecule has 0 bridgehead atoms. The first kappa shape index (κ1) is 11.5. The van der Waals surface area contributed by atoms with Gasteiger partial charge >= 0.3 is 0 Å². The van der Waals surface area contributed by atoms with Gasteiger partial charge in [0.05, 0.1) is 17.5 Å². The minimum absolute atomic E-state index is 0.221. The number of nitrogen functional groups attached to an aromatic ring is 1. The minimum atomic E-state index is -0.514. The number of rotatable bonds is 4. The lowest BCUT2D eigenvalue weighted by Gasteiger charge is -2.10. The van der Waals surface area contributed by atoms with Gasteiger partial charge in [-0.3, -0.25) is 0 Å². The number of nitrogens with zero attached hydrogens (tertiary/aromatic N) is 2. The number of ether oxygens (including phenoxy) is 1. The van der Waals surface area contributed by atoms with Crippen LogP contribution in [0.15, 0.2) is 28.4 Å². The summed E-state index contributed by atoms with van der Waals surface area (Å²) in [5.41, 5.74) is 6.90. The third-order valence-electron chi connectivity index (χ3n) is 1.69. The highest BCUT2D eigenvalue weighted by Gasteiger charge is 2.03. The Labute approximate surface area is 88.6 Å². The summed E-state index contributed by atoms with van der Waals surface area (Å²) in [5.74, 6) is 0.547. The monoisotopic (exact) mass is 209 g/mol. The second-order valence-electron chi connectivity index (χ2n) is 3.18. The molecule has 1 rings (SSSR count). The Morgan fingerprint density at radius 2 is 2.27 bits per heavy atom. The molecule has 0 aliphatic carbocycles. The van der Waals surface area contributed by atoms with Gasteiger partial charge in [-0.05, 0) is 25.1 Å². The summed E-state index contributed by atoms with van der Waals surface area (Å²) in [4.78, 5) is 0. The van der Waals surface area contributed by atoms with Crippen LogP contribution in [0, 0.1) is 0 Å². The molecule has 0 saturated carbocycles. The molecular formula is C10H15N3O2. The third kappa shape index (κ3) is 3.55. The van der Waals surface area contributed by atoms with E-state index in [-0.39, 0.29) is 6.61 Å². The maximum absolute atomic E-state index is 9.04. The molecule has 1 aromatic carbocycles. The Bertz CT molecular complexity index is 351. The average Bonchev–Trinajstić information content (AvgIpc) is 2.17. The molecule has 0 heterocycles. The van der Waals surface area contributed by atoms with Gasteiger partial charge < -0.3 is 15.6 Å². The van der Waals surface area contributed by atoms with E-state index in [1.807, 2.05) is 0 Å². The van der Waals surface area contributed by atoms with Crippen molar-refractivity contribution in [2.75, 3.05) is 19.4 Å². The van der Waals surface area contributed by atoms with Gasteiger partial charge in [0.15, 0.2) is 0 Å². The summed E-state index contributed by atoms with van der Waals surface area (Å²) < 4.78 is 5.28. The summed E-state index contributed by atoms with van der Waals surface area (Å²) in [6.07, 6.45) is -0.514. The molecule has 82 valence electrons. The summed E-state index contributed by atoms with van der Waals surface area (Å²) in [5, 5.41) is 16.5. The molecule has 1 aromatic rings. The summed E-state index contributed by atoms with van der Waals surface area (Å²) in [6, 6.07) is 5.13. The molecule has 0 aliphatic heterocycles. The molecule has 0 spiro atoms. The van der Waals surface area contributed by atoms with Crippen molar-refractivity contribution in [1.82, 2.24) is 0 Å². The van der Waals surface area contributed by atoms with Crippen LogP contribution in [0.25, 0.3) is 0 Å². The number of nitrogens with two attached hydrogens (primary N) is 1. The lowest BCUT2D eigenvalue weighted by molar-refractivity contribution is 0.123. The highest BCUT2D eigenvalue weighted by molar-refractivity contribution is 5.59. The van der Waals surface area contributed by atoms with Gasteiger partial charge in [0, 0.05) is 7.05 Å². The molecule has 0 aromatic heterocycles. The fraction of sp³-hybridized carbons (Fsp3) is 0.400. The Morgan fingerprint density at radius 3 is 2.80 bits per heavy atom. The van der Waals surface area contributed by atoms with Crippen LogP contribution in [0.4, 0.5) is 11.4 Å². The minimum Gasteiger partial charge on any atom is -0.489 e. The van der Waals surface area contributed by atoms with Crippen LogP contribution >= 0.6 is 0 Å². The number of hydrogen-bond acceptors (Lipinski definition) is 5. The lowest BCUT2D eigenvalue weighted by Crippen LogP contribution is -2.13. The van der Waals surface area contributed by atoms with Crippen molar-refractivity contribution in [1.29, 1.82) is 0 Å². The van der Waals surface area contributed by atoms with Crippen molar-refractivity contribution >= 4 is 11.4 Å². The van der Waals surface area contributed by atoms with Crippen LogP contribution < -0.4 is 10.5 Å². The third-order valence-corrected chi connectivity index (χ3v) is 1.69. The molecule has 3 N–H and O–H groups in total. The Balaban J connectivity index is 2.74. The summed E-state index contributed by atoms with van der Waals surface area (Å²) >= 11 is 0. The van der Waals surface area contributed by atoms with Crippen LogP contribution in [0.1, 0.15) is 6.92 Å². The molecule has 15 heavy (non-hydrogen) atoms. The number of aliphatic hydroxyl groups is 1. The molecule has 5 nitrogen and oxygen atoms in total. The topological polar surface area (TPSA) is 80.2 Å². The first-order chi connectivity index (χ1) is 7.13. The SMILES string of the molecule is CN=Nc1ccc(OCC(C)O)c(N)c1. The number of anilines is 1. The van der Waals surface area contributed by atoms with Crippen molar-refractivity contribution in [3.8, 4) is 5.75 Å². The number of benzene rings is 1. The average molecular weight is 209 g/mol. The largest absolute Gasteiger partial charge is 0.489 e. The van der Waals surface area contributed by atoms with Crippen LogP contribution in [-0.4, -0.2) is 24.9 Å². The maximum atomic E-state index is 9.04. The molecule has 0 saturated heterocycles. The highest BCUT2D eigenvalue weighted by atomic mass is 16.5. The van der Waals surface area contributed by atoms with Crippen LogP contribution in [0.5, 0.6) is 5.75 Å². The zero-order valence-electron chi connectivity index (χ0n) is 8.84. The van der Waals surface area contributed by atoms with Crippen molar-refractivity contribution in [3.05, 3.63) is 18.2 Å². The van der Waals surface area contributed by atoms with Gasteiger partial charge in [0.2, 0.25) is 0 Å². The number of aliphatic hydroxyl groups excluding tert-OH is 1. The molecular weight excluding hydrogens is 194 g/mol. The maximum Gasteiger partial charge on any atom is 0.142 e. The lowest BCUT2D eigenvalue weighted by atomic mass is 10.2. The quantitative estimate of drug-likeness (QED) is 0.585.